The van der Waals surface area contributed by atoms with E-state index in [9.17, 15) is 5.11 Å². The molecule has 1 aromatic rings. The first-order valence-electron chi connectivity index (χ1n) is 5.06. The van der Waals surface area contributed by atoms with Crippen molar-refractivity contribution in [2.24, 2.45) is 11.7 Å². The first-order valence-corrected chi connectivity index (χ1v) is 5.06. The third kappa shape index (κ3) is 1.11. The summed E-state index contributed by atoms with van der Waals surface area (Å²) in [6, 6.07) is 0. The van der Waals surface area contributed by atoms with Crippen LogP contribution in [-0.4, -0.2) is 21.8 Å². The first-order chi connectivity index (χ1) is 6.59. The molecule has 2 atom stereocenters. The quantitative estimate of drug-likeness (QED) is 0.609. The number of nitrogens with one attached hydrogen (secondary N) is 1. The molecule has 0 bridgehead atoms. The van der Waals surface area contributed by atoms with Gasteiger partial charge in [-0.25, -0.2) is 0 Å². The molecule has 2 rings (SSSR count). The Labute approximate surface area is 83.5 Å². The molecule has 0 aromatic carbocycles. The summed E-state index contributed by atoms with van der Waals surface area (Å²) in [5.41, 5.74) is 7.65. The van der Waals surface area contributed by atoms with Crippen molar-refractivity contribution >= 4 is 0 Å². The van der Waals surface area contributed by atoms with Crippen LogP contribution >= 0.6 is 0 Å². The van der Waals surface area contributed by atoms with E-state index < -0.39 is 5.60 Å². The van der Waals surface area contributed by atoms with Gasteiger partial charge >= 0.3 is 0 Å². The van der Waals surface area contributed by atoms with E-state index in [2.05, 4.69) is 10.2 Å². The molecule has 0 saturated heterocycles. The fraction of sp³-hybridized carbons (Fsp3) is 0.700. The summed E-state index contributed by atoms with van der Waals surface area (Å²) in [6.45, 7) is 4.24. The van der Waals surface area contributed by atoms with Crippen molar-refractivity contribution < 1.29 is 5.11 Å². The van der Waals surface area contributed by atoms with Gasteiger partial charge in [-0.1, -0.05) is 6.92 Å². The standard InChI is InChI=1S/C10H17N3O/c1-6-3-4-8-9(7(2)12-13-8)10(6,14)5-11/h6,14H,3-5,11H2,1-2H3,(H,12,13). The number of fused-ring (bicyclic) bond motifs is 1. The minimum absolute atomic E-state index is 0.205. The van der Waals surface area contributed by atoms with Gasteiger partial charge < -0.3 is 10.8 Å². The summed E-state index contributed by atoms with van der Waals surface area (Å²) in [5.74, 6) is 0.205. The van der Waals surface area contributed by atoms with Crippen LogP contribution < -0.4 is 5.73 Å². The van der Waals surface area contributed by atoms with Crippen molar-refractivity contribution in [1.82, 2.24) is 10.2 Å². The number of H-pyrrole nitrogens is 1. The molecule has 0 radical (unpaired) electrons. The molecular weight excluding hydrogens is 178 g/mol. The Kier molecular flexibility index (Phi) is 2.12. The lowest BCUT2D eigenvalue weighted by molar-refractivity contribution is -0.0196. The van der Waals surface area contributed by atoms with E-state index in [1.807, 2.05) is 13.8 Å². The number of hydrogen-bond acceptors (Lipinski definition) is 3. The number of nitrogens with zero attached hydrogens (tertiary/aromatic N) is 1. The number of aliphatic hydroxyl groups is 1. The van der Waals surface area contributed by atoms with Crippen molar-refractivity contribution in [3.63, 3.8) is 0 Å². The summed E-state index contributed by atoms with van der Waals surface area (Å²) in [6.07, 6.45) is 1.88. The third-order valence-electron chi connectivity index (χ3n) is 3.40. The number of aryl methyl sites for hydroxylation is 2. The first kappa shape index (κ1) is 9.68. The molecule has 1 heterocycles. The second-order valence-corrected chi connectivity index (χ2v) is 4.24. The van der Waals surface area contributed by atoms with E-state index in [0.29, 0.717) is 0 Å². The Morgan fingerprint density at radius 1 is 1.71 bits per heavy atom. The minimum atomic E-state index is -0.884. The zero-order valence-corrected chi connectivity index (χ0v) is 8.67. The summed E-state index contributed by atoms with van der Waals surface area (Å²) in [7, 11) is 0. The van der Waals surface area contributed by atoms with Gasteiger partial charge in [-0.05, 0) is 25.7 Å². The smallest absolute Gasteiger partial charge is 0.108 e. The maximum atomic E-state index is 10.5. The van der Waals surface area contributed by atoms with E-state index in [1.165, 1.54) is 0 Å². The average molecular weight is 195 g/mol. The van der Waals surface area contributed by atoms with Gasteiger partial charge in [-0.2, -0.15) is 5.10 Å². The van der Waals surface area contributed by atoms with Crippen LogP contribution in [0, 0.1) is 12.8 Å². The second-order valence-electron chi connectivity index (χ2n) is 4.24. The van der Waals surface area contributed by atoms with Crippen LogP contribution in [0.25, 0.3) is 0 Å². The molecule has 4 N–H and O–H groups in total. The molecule has 1 aliphatic carbocycles. The van der Waals surface area contributed by atoms with Crippen LogP contribution in [-0.2, 0) is 12.0 Å². The number of hydrogen-bond donors (Lipinski definition) is 3. The predicted molar refractivity (Wildman–Crippen MR) is 53.8 cm³/mol. The van der Waals surface area contributed by atoms with E-state index >= 15 is 0 Å². The molecule has 0 spiro atoms. The molecular formula is C10H17N3O. The topological polar surface area (TPSA) is 74.9 Å². The van der Waals surface area contributed by atoms with E-state index in [1.54, 1.807) is 0 Å². The number of aromatic nitrogens is 2. The summed E-state index contributed by atoms with van der Waals surface area (Å²) in [4.78, 5) is 0. The van der Waals surface area contributed by atoms with Crippen molar-refractivity contribution in [3.8, 4) is 0 Å². The monoisotopic (exact) mass is 195 g/mol. The molecule has 1 aromatic heterocycles. The molecule has 0 saturated carbocycles. The highest BCUT2D eigenvalue weighted by Gasteiger charge is 2.41. The van der Waals surface area contributed by atoms with Crippen LogP contribution in [0.3, 0.4) is 0 Å². The van der Waals surface area contributed by atoms with Crippen LogP contribution in [0.1, 0.15) is 30.3 Å². The zero-order valence-electron chi connectivity index (χ0n) is 8.67. The van der Waals surface area contributed by atoms with Gasteiger partial charge in [0.25, 0.3) is 0 Å². The maximum Gasteiger partial charge on any atom is 0.108 e. The van der Waals surface area contributed by atoms with Crippen LogP contribution in [0.4, 0.5) is 0 Å². The SMILES string of the molecule is Cc1[nH]nc2c1C(O)(CN)C(C)CC2. The Morgan fingerprint density at radius 2 is 2.43 bits per heavy atom. The fourth-order valence-electron chi connectivity index (χ4n) is 2.38. The lowest BCUT2D eigenvalue weighted by atomic mass is 9.74. The number of aromatic amines is 1. The van der Waals surface area contributed by atoms with Crippen molar-refractivity contribution in [2.75, 3.05) is 6.54 Å². The molecule has 14 heavy (non-hydrogen) atoms. The molecule has 78 valence electrons. The summed E-state index contributed by atoms with van der Waals surface area (Å²) in [5, 5.41) is 17.6. The van der Waals surface area contributed by atoms with E-state index in [0.717, 1.165) is 29.8 Å². The summed E-state index contributed by atoms with van der Waals surface area (Å²) >= 11 is 0. The van der Waals surface area contributed by atoms with Crippen molar-refractivity contribution in [3.05, 3.63) is 17.0 Å². The fourth-order valence-corrected chi connectivity index (χ4v) is 2.38. The minimum Gasteiger partial charge on any atom is -0.383 e. The highest BCUT2D eigenvalue weighted by Crippen LogP contribution is 2.39. The van der Waals surface area contributed by atoms with Crippen LogP contribution in [0.2, 0.25) is 0 Å². The molecule has 4 nitrogen and oxygen atoms in total. The van der Waals surface area contributed by atoms with Crippen LogP contribution in [0.15, 0.2) is 0 Å². The van der Waals surface area contributed by atoms with Gasteiger partial charge in [-0.3, -0.25) is 5.10 Å². The van der Waals surface area contributed by atoms with Gasteiger partial charge in [-0.15, -0.1) is 0 Å². The largest absolute Gasteiger partial charge is 0.383 e. The van der Waals surface area contributed by atoms with Gasteiger partial charge in [0.1, 0.15) is 5.60 Å². The lowest BCUT2D eigenvalue weighted by Crippen LogP contribution is -2.44. The summed E-state index contributed by atoms with van der Waals surface area (Å²) < 4.78 is 0. The molecule has 2 unspecified atom stereocenters. The van der Waals surface area contributed by atoms with E-state index in [4.69, 9.17) is 5.73 Å². The van der Waals surface area contributed by atoms with E-state index in [-0.39, 0.29) is 12.5 Å². The zero-order chi connectivity index (χ0) is 10.3. The van der Waals surface area contributed by atoms with Gasteiger partial charge in [0, 0.05) is 17.8 Å². The average Bonchev–Trinajstić information content (AvgIpc) is 2.55. The molecule has 0 amide bonds. The Hall–Kier alpha value is -0.870. The van der Waals surface area contributed by atoms with Gasteiger partial charge in [0.2, 0.25) is 0 Å². The maximum absolute atomic E-state index is 10.5. The highest BCUT2D eigenvalue weighted by molar-refractivity contribution is 5.34. The van der Waals surface area contributed by atoms with Crippen LogP contribution in [0.5, 0.6) is 0 Å². The highest BCUT2D eigenvalue weighted by atomic mass is 16.3. The second kappa shape index (κ2) is 3.07. The molecule has 0 fully saturated rings. The number of nitrogens with two attached hydrogens (primary N) is 1. The molecule has 4 heteroatoms. The molecule has 1 aliphatic rings. The van der Waals surface area contributed by atoms with Gasteiger partial charge in [0.05, 0.1) is 5.69 Å². The van der Waals surface area contributed by atoms with Gasteiger partial charge in [0.15, 0.2) is 0 Å². The lowest BCUT2D eigenvalue weighted by Gasteiger charge is -2.37. The predicted octanol–water partition coefficient (Wildman–Crippen LogP) is 0.447. The normalized spacial score (nSPS) is 31.6. The third-order valence-corrected chi connectivity index (χ3v) is 3.40. The van der Waals surface area contributed by atoms with Crippen molar-refractivity contribution in [1.29, 1.82) is 0 Å². The van der Waals surface area contributed by atoms with Crippen molar-refractivity contribution in [2.45, 2.75) is 32.3 Å². The Bertz CT molecular complexity index is 347. The Morgan fingerprint density at radius 3 is 3.07 bits per heavy atom. The number of rotatable bonds is 1. The Balaban J connectivity index is 2.55. The molecule has 0 aliphatic heterocycles.